The second-order valence-corrected chi connectivity index (χ2v) is 8.99. The molecule has 0 bridgehead atoms. The summed E-state index contributed by atoms with van der Waals surface area (Å²) in [5.41, 5.74) is 3.66. The number of likely N-dealkylation sites (tertiary alicyclic amines) is 1. The predicted octanol–water partition coefficient (Wildman–Crippen LogP) is 4.63. The second kappa shape index (κ2) is 9.70. The number of nitrogens with zero attached hydrogens (tertiary/aromatic N) is 1. The lowest BCUT2D eigenvalue weighted by molar-refractivity contribution is -0.118. The van der Waals surface area contributed by atoms with E-state index in [-0.39, 0.29) is 18.3 Å². The summed E-state index contributed by atoms with van der Waals surface area (Å²) in [6.07, 6.45) is 3.33. The van der Waals surface area contributed by atoms with Crippen molar-refractivity contribution < 1.29 is 13.9 Å². The largest absolute Gasteiger partial charge is 0.490 e. The Balaban J connectivity index is 1.45. The van der Waals surface area contributed by atoms with Gasteiger partial charge in [-0.05, 0) is 63.9 Å². The van der Waals surface area contributed by atoms with Crippen molar-refractivity contribution in [3.63, 3.8) is 0 Å². The maximum atomic E-state index is 12.6. The van der Waals surface area contributed by atoms with Gasteiger partial charge in [0.25, 0.3) is 0 Å². The molecule has 1 fully saturated rings. The molecule has 168 valence electrons. The van der Waals surface area contributed by atoms with Gasteiger partial charge in [0.2, 0.25) is 0 Å². The normalized spacial score (nSPS) is 15.2. The molecule has 32 heavy (non-hydrogen) atoms. The van der Waals surface area contributed by atoms with Crippen molar-refractivity contribution in [1.82, 2.24) is 4.90 Å². The van der Waals surface area contributed by atoms with Crippen LogP contribution in [0.2, 0.25) is 0 Å². The molecule has 3 aromatic rings. The van der Waals surface area contributed by atoms with Crippen LogP contribution in [0.15, 0.2) is 51.7 Å². The van der Waals surface area contributed by atoms with Crippen molar-refractivity contribution in [1.29, 1.82) is 0 Å². The number of hydrogen-bond acceptors (Lipinski definition) is 5. The van der Waals surface area contributed by atoms with E-state index in [1.54, 1.807) is 6.07 Å². The van der Waals surface area contributed by atoms with Gasteiger partial charge in [-0.25, -0.2) is 4.79 Å². The van der Waals surface area contributed by atoms with E-state index < -0.39 is 5.63 Å². The van der Waals surface area contributed by atoms with E-state index >= 15 is 0 Å². The van der Waals surface area contributed by atoms with Crippen LogP contribution in [0.5, 0.6) is 5.75 Å². The smallest absolute Gasteiger partial charge is 0.339 e. The first-order valence-corrected chi connectivity index (χ1v) is 11.4. The first-order valence-electron chi connectivity index (χ1n) is 11.4. The van der Waals surface area contributed by atoms with Gasteiger partial charge in [0.05, 0.1) is 0 Å². The number of carbonyl (C=O) groups is 1. The summed E-state index contributed by atoms with van der Waals surface area (Å²) in [7, 11) is 2.12. The van der Waals surface area contributed by atoms with Crippen molar-refractivity contribution >= 4 is 16.8 Å². The highest BCUT2D eigenvalue weighted by molar-refractivity contribution is 5.85. The summed E-state index contributed by atoms with van der Waals surface area (Å²) in [6.45, 7) is 6.00. The van der Waals surface area contributed by atoms with E-state index in [4.69, 9.17) is 9.15 Å². The molecule has 1 aliphatic rings. The van der Waals surface area contributed by atoms with Crippen molar-refractivity contribution in [3.8, 4) is 5.75 Å². The molecule has 5 nitrogen and oxygen atoms in total. The van der Waals surface area contributed by atoms with Gasteiger partial charge in [0, 0.05) is 42.4 Å². The Kier molecular flexibility index (Phi) is 6.75. The third-order valence-corrected chi connectivity index (χ3v) is 6.33. The van der Waals surface area contributed by atoms with Crippen molar-refractivity contribution in [2.24, 2.45) is 0 Å². The van der Waals surface area contributed by atoms with Gasteiger partial charge < -0.3 is 14.1 Å². The number of benzene rings is 2. The number of rotatable bonds is 7. The molecule has 1 saturated heterocycles. The summed E-state index contributed by atoms with van der Waals surface area (Å²) in [5.74, 6) is 0.799. The first-order chi connectivity index (χ1) is 15.4. The lowest BCUT2D eigenvalue weighted by atomic mass is 10.0. The molecule has 5 heteroatoms. The molecule has 0 aliphatic carbocycles. The van der Waals surface area contributed by atoms with Crippen LogP contribution in [0.3, 0.4) is 0 Å². The number of ketones is 1. The number of aryl methyl sites for hydroxylation is 3. The van der Waals surface area contributed by atoms with E-state index in [0.29, 0.717) is 24.0 Å². The number of piperidine rings is 1. The van der Waals surface area contributed by atoms with E-state index in [0.717, 1.165) is 48.2 Å². The standard InChI is InChI=1S/C27H31NO4/c1-18-4-6-20(7-5-18)8-10-23(29)17-22-16-21-9-11-25(19(2)26(21)32-27(22)30)31-24-12-14-28(3)15-13-24/h4-7,9,11,16,24H,8,10,12-15,17H2,1-3H3. The van der Waals surface area contributed by atoms with Crippen LogP contribution in [0.1, 0.15) is 41.5 Å². The Hall–Kier alpha value is -2.92. The van der Waals surface area contributed by atoms with Crippen LogP contribution < -0.4 is 10.4 Å². The molecule has 2 aromatic carbocycles. The van der Waals surface area contributed by atoms with Gasteiger partial charge in [-0.3, -0.25) is 4.79 Å². The molecule has 0 saturated carbocycles. The molecule has 0 amide bonds. The van der Waals surface area contributed by atoms with Crippen LogP contribution in [-0.4, -0.2) is 36.9 Å². The molecule has 1 aliphatic heterocycles. The topological polar surface area (TPSA) is 59.8 Å². The lowest BCUT2D eigenvalue weighted by Crippen LogP contribution is -2.35. The maximum Gasteiger partial charge on any atom is 0.339 e. The molecule has 0 unspecified atom stereocenters. The minimum atomic E-state index is -0.444. The highest BCUT2D eigenvalue weighted by Gasteiger charge is 2.20. The highest BCUT2D eigenvalue weighted by Crippen LogP contribution is 2.29. The fourth-order valence-electron chi connectivity index (χ4n) is 4.22. The van der Waals surface area contributed by atoms with Crippen LogP contribution >= 0.6 is 0 Å². The fourth-order valence-corrected chi connectivity index (χ4v) is 4.22. The summed E-state index contributed by atoms with van der Waals surface area (Å²) in [4.78, 5) is 27.4. The highest BCUT2D eigenvalue weighted by atomic mass is 16.5. The molecule has 4 rings (SSSR count). The molecule has 0 radical (unpaired) electrons. The summed E-state index contributed by atoms with van der Waals surface area (Å²) in [6, 6.07) is 13.8. The van der Waals surface area contributed by atoms with Gasteiger partial charge >= 0.3 is 5.63 Å². The number of carbonyl (C=O) groups excluding carboxylic acids is 1. The maximum absolute atomic E-state index is 12.6. The number of ether oxygens (including phenoxy) is 1. The van der Waals surface area contributed by atoms with Crippen LogP contribution in [0.4, 0.5) is 0 Å². The van der Waals surface area contributed by atoms with Gasteiger partial charge in [0.15, 0.2) is 0 Å². The van der Waals surface area contributed by atoms with E-state index in [1.807, 2.05) is 50.2 Å². The number of Topliss-reactive ketones (excluding diaryl/α,β-unsaturated/α-hetero) is 1. The molecule has 0 N–H and O–H groups in total. The zero-order valence-corrected chi connectivity index (χ0v) is 19.1. The predicted molar refractivity (Wildman–Crippen MR) is 127 cm³/mol. The zero-order valence-electron chi connectivity index (χ0n) is 19.1. The third kappa shape index (κ3) is 5.28. The summed E-state index contributed by atoms with van der Waals surface area (Å²) >= 11 is 0. The van der Waals surface area contributed by atoms with E-state index in [2.05, 4.69) is 11.9 Å². The minimum absolute atomic E-state index is 0.0381. The molecule has 2 heterocycles. The average molecular weight is 434 g/mol. The summed E-state index contributed by atoms with van der Waals surface area (Å²) in [5, 5.41) is 0.819. The monoisotopic (exact) mass is 433 g/mol. The quantitative estimate of drug-likeness (QED) is 0.509. The van der Waals surface area contributed by atoms with Crippen molar-refractivity contribution in [2.75, 3.05) is 20.1 Å². The van der Waals surface area contributed by atoms with E-state index in [9.17, 15) is 9.59 Å². The Bertz CT molecular complexity index is 1150. The SMILES string of the molecule is Cc1ccc(CCC(=O)Cc2cc3ccc(OC4CCN(C)CC4)c(C)c3oc2=O)cc1. The van der Waals surface area contributed by atoms with Gasteiger partial charge in [-0.2, -0.15) is 0 Å². The van der Waals surface area contributed by atoms with Crippen molar-refractivity contribution in [2.45, 2.75) is 52.1 Å². The average Bonchev–Trinajstić information content (AvgIpc) is 2.78. The number of fused-ring (bicyclic) bond motifs is 1. The number of hydrogen-bond donors (Lipinski definition) is 0. The van der Waals surface area contributed by atoms with Crippen molar-refractivity contribution in [3.05, 3.63) is 75.1 Å². The Labute approximate surface area is 189 Å². The molecular formula is C27H31NO4. The Morgan fingerprint density at radius 1 is 1.09 bits per heavy atom. The molecule has 0 atom stereocenters. The zero-order chi connectivity index (χ0) is 22.7. The van der Waals surface area contributed by atoms with E-state index in [1.165, 1.54) is 5.56 Å². The minimum Gasteiger partial charge on any atom is -0.490 e. The fraction of sp³-hybridized carbons (Fsp3) is 0.407. The van der Waals surface area contributed by atoms with Gasteiger partial charge in [-0.1, -0.05) is 29.8 Å². The summed E-state index contributed by atoms with van der Waals surface area (Å²) < 4.78 is 11.9. The lowest BCUT2D eigenvalue weighted by Gasteiger charge is -2.29. The van der Waals surface area contributed by atoms with Crippen LogP contribution in [0.25, 0.3) is 11.0 Å². The molecular weight excluding hydrogens is 402 g/mol. The van der Waals surface area contributed by atoms with Crippen LogP contribution in [-0.2, 0) is 17.6 Å². The van der Waals surface area contributed by atoms with Crippen LogP contribution in [0, 0.1) is 13.8 Å². The Morgan fingerprint density at radius 3 is 2.53 bits per heavy atom. The Morgan fingerprint density at radius 2 is 1.81 bits per heavy atom. The third-order valence-electron chi connectivity index (χ3n) is 6.33. The van der Waals surface area contributed by atoms with Gasteiger partial charge in [-0.15, -0.1) is 0 Å². The van der Waals surface area contributed by atoms with Gasteiger partial charge in [0.1, 0.15) is 23.2 Å². The second-order valence-electron chi connectivity index (χ2n) is 8.99. The molecule has 1 aromatic heterocycles. The first kappa shape index (κ1) is 22.3. The molecule has 0 spiro atoms.